The molecule has 2 aromatic carbocycles. The quantitative estimate of drug-likeness (QED) is 0.633. The first-order valence-corrected chi connectivity index (χ1v) is 10.7. The summed E-state index contributed by atoms with van der Waals surface area (Å²) in [4.78, 5) is 14.2. The van der Waals surface area contributed by atoms with Crippen molar-refractivity contribution in [2.45, 2.75) is 28.0 Å². The SMILES string of the molecule is Cn1nccc1Oc1ccc(Sc2cccc(C3(C(N)=O)CCOCC3)c2)cc1C#N. The summed E-state index contributed by atoms with van der Waals surface area (Å²) in [5.74, 6) is 0.707. The number of primary amides is 1. The van der Waals surface area contributed by atoms with Crippen LogP contribution in [0.25, 0.3) is 0 Å². The van der Waals surface area contributed by atoms with E-state index >= 15 is 0 Å². The number of carbonyl (C=O) groups excluding carboxylic acids is 1. The molecule has 1 saturated heterocycles. The fourth-order valence-electron chi connectivity index (χ4n) is 3.71. The van der Waals surface area contributed by atoms with Gasteiger partial charge < -0.3 is 15.2 Å². The van der Waals surface area contributed by atoms with Crippen LogP contribution in [0.1, 0.15) is 24.0 Å². The number of nitrogens with zero attached hydrogens (tertiary/aromatic N) is 3. The molecule has 0 aliphatic carbocycles. The molecule has 4 rings (SSSR count). The summed E-state index contributed by atoms with van der Waals surface area (Å²) >= 11 is 1.52. The van der Waals surface area contributed by atoms with E-state index in [0.29, 0.717) is 43.2 Å². The van der Waals surface area contributed by atoms with E-state index in [0.717, 1.165) is 15.4 Å². The van der Waals surface area contributed by atoms with Gasteiger partial charge in [0.05, 0.1) is 17.2 Å². The molecule has 1 aliphatic rings. The van der Waals surface area contributed by atoms with Crippen molar-refractivity contribution in [3.63, 3.8) is 0 Å². The third-order valence-electron chi connectivity index (χ3n) is 5.50. The van der Waals surface area contributed by atoms with Crippen molar-refractivity contribution >= 4 is 17.7 Å². The number of nitriles is 1. The molecule has 8 heteroatoms. The number of carbonyl (C=O) groups is 1. The minimum Gasteiger partial charge on any atom is -0.438 e. The van der Waals surface area contributed by atoms with Crippen molar-refractivity contribution in [2.24, 2.45) is 12.8 Å². The van der Waals surface area contributed by atoms with Gasteiger partial charge in [0.15, 0.2) is 0 Å². The molecule has 1 fully saturated rings. The zero-order valence-electron chi connectivity index (χ0n) is 17.1. The first kappa shape index (κ1) is 21.0. The maximum atomic E-state index is 12.3. The molecule has 0 saturated carbocycles. The van der Waals surface area contributed by atoms with Gasteiger partial charge in [0.1, 0.15) is 11.8 Å². The molecule has 31 heavy (non-hydrogen) atoms. The standard InChI is InChI=1S/C23H22N4O3S/c1-27-21(7-10-26-27)30-20-6-5-19(13-16(20)15-24)31-18-4-2-3-17(14-18)23(22(25)28)8-11-29-12-9-23/h2-7,10,13-14H,8-9,11-12H2,1H3,(H2,25,28). The molecule has 7 nitrogen and oxygen atoms in total. The Bertz CT molecular complexity index is 1150. The first-order valence-electron chi connectivity index (χ1n) is 9.88. The molecule has 0 unspecified atom stereocenters. The minimum atomic E-state index is -0.701. The summed E-state index contributed by atoms with van der Waals surface area (Å²) in [7, 11) is 1.77. The fourth-order valence-corrected chi connectivity index (χ4v) is 4.63. The largest absolute Gasteiger partial charge is 0.438 e. The van der Waals surface area contributed by atoms with Crippen LogP contribution in [-0.4, -0.2) is 28.9 Å². The highest BCUT2D eigenvalue weighted by molar-refractivity contribution is 7.99. The van der Waals surface area contributed by atoms with Crippen LogP contribution in [0.3, 0.4) is 0 Å². The lowest BCUT2D eigenvalue weighted by molar-refractivity contribution is -0.127. The Hall–Kier alpha value is -3.28. The van der Waals surface area contributed by atoms with Crippen LogP contribution >= 0.6 is 11.8 Å². The Kier molecular flexibility index (Phi) is 5.98. The Morgan fingerprint density at radius 2 is 2.00 bits per heavy atom. The molecule has 158 valence electrons. The molecule has 2 heterocycles. The average Bonchev–Trinajstić information content (AvgIpc) is 3.19. The van der Waals surface area contributed by atoms with Gasteiger partial charge in [0.25, 0.3) is 0 Å². The van der Waals surface area contributed by atoms with Crippen molar-refractivity contribution in [1.29, 1.82) is 5.26 Å². The van der Waals surface area contributed by atoms with E-state index in [-0.39, 0.29) is 5.91 Å². The lowest BCUT2D eigenvalue weighted by Crippen LogP contribution is -2.45. The highest BCUT2D eigenvalue weighted by atomic mass is 32.2. The zero-order valence-corrected chi connectivity index (χ0v) is 17.9. The lowest BCUT2D eigenvalue weighted by atomic mass is 9.73. The molecule has 1 aliphatic heterocycles. The molecule has 1 amide bonds. The van der Waals surface area contributed by atoms with Crippen LogP contribution in [0.15, 0.2) is 64.5 Å². The van der Waals surface area contributed by atoms with E-state index in [2.05, 4.69) is 11.2 Å². The number of amides is 1. The van der Waals surface area contributed by atoms with E-state index in [1.54, 1.807) is 36.1 Å². The Morgan fingerprint density at radius 1 is 1.23 bits per heavy atom. The summed E-state index contributed by atoms with van der Waals surface area (Å²) in [6.45, 7) is 1.04. The first-order chi connectivity index (χ1) is 15.0. The Morgan fingerprint density at radius 3 is 2.68 bits per heavy atom. The van der Waals surface area contributed by atoms with Gasteiger partial charge in [-0.1, -0.05) is 23.9 Å². The molecule has 0 radical (unpaired) electrons. The normalized spacial score (nSPS) is 15.2. The summed E-state index contributed by atoms with van der Waals surface area (Å²) in [5, 5.41) is 13.7. The predicted molar refractivity (Wildman–Crippen MR) is 116 cm³/mol. The van der Waals surface area contributed by atoms with Crippen LogP contribution in [0.5, 0.6) is 11.6 Å². The molecule has 3 aromatic rings. The number of hydrogen-bond acceptors (Lipinski definition) is 6. The number of rotatable bonds is 6. The summed E-state index contributed by atoms with van der Waals surface area (Å²) in [6.07, 6.45) is 2.79. The maximum absolute atomic E-state index is 12.3. The fraction of sp³-hybridized carbons (Fsp3) is 0.261. The molecule has 0 atom stereocenters. The van der Waals surface area contributed by atoms with E-state index < -0.39 is 5.41 Å². The smallest absolute Gasteiger partial charge is 0.228 e. The van der Waals surface area contributed by atoms with Gasteiger partial charge in [-0.25, -0.2) is 4.68 Å². The highest BCUT2D eigenvalue weighted by Crippen LogP contribution is 2.38. The third-order valence-corrected chi connectivity index (χ3v) is 6.48. The van der Waals surface area contributed by atoms with Gasteiger partial charge in [0.2, 0.25) is 11.8 Å². The molecule has 0 spiro atoms. The minimum absolute atomic E-state index is 0.318. The van der Waals surface area contributed by atoms with Gasteiger partial charge in [-0.3, -0.25) is 4.79 Å². The Balaban J connectivity index is 1.58. The van der Waals surface area contributed by atoms with E-state index in [9.17, 15) is 10.1 Å². The second-order valence-electron chi connectivity index (χ2n) is 7.35. The maximum Gasteiger partial charge on any atom is 0.228 e. The van der Waals surface area contributed by atoms with Crippen LogP contribution in [0.2, 0.25) is 0 Å². The Labute approximate surface area is 184 Å². The number of benzene rings is 2. The second-order valence-corrected chi connectivity index (χ2v) is 8.50. The van der Waals surface area contributed by atoms with E-state index in [1.165, 1.54) is 11.8 Å². The van der Waals surface area contributed by atoms with Crippen molar-refractivity contribution in [1.82, 2.24) is 9.78 Å². The van der Waals surface area contributed by atoms with Crippen LogP contribution in [0.4, 0.5) is 0 Å². The molecular weight excluding hydrogens is 412 g/mol. The summed E-state index contributed by atoms with van der Waals surface area (Å²) in [5.41, 5.74) is 6.44. The molecular formula is C23H22N4O3S. The number of hydrogen-bond donors (Lipinski definition) is 1. The van der Waals surface area contributed by atoms with Crippen molar-refractivity contribution in [3.8, 4) is 17.7 Å². The number of ether oxygens (including phenoxy) is 2. The molecule has 1 aromatic heterocycles. The zero-order chi connectivity index (χ0) is 21.8. The topological polar surface area (TPSA) is 103 Å². The van der Waals surface area contributed by atoms with Gasteiger partial charge in [-0.05, 0) is 48.7 Å². The van der Waals surface area contributed by atoms with Crippen molar-refractivity contribution in [3.05, 3.63) is 65.9 Å². The van der Waals surface area contributed by atoms with Gasteiger partial charge in [0, 0.05) is 36.1 Å². The van der Waals surface area contributed by atoms with Gasteiger partial charge in [-0.2, -0.15) is 10.4 Å². The number of aromatic nitrogens is 2. The third kappa shape index (κ3) is 4.29. The van der Waals surface area contributed by atoms with Crippen LogP contribution in [0, 0.1) is 11.3 Å². The molecule has 0 bridgehead atoms. The lowest BCUT2D eigenvalue weighted by Gasteiger charge is -2.34. The van der Waals surface area contributed by atoms with Crippen LogP contribution in [-0.2, 0) is 22.0 Å². The van der Waals surface area contributed by atoms with Crippen molar-refractivity contribution < 1.29 is 14.3 Å². The van der Waals surface area contributed by atoms with E-state index in [1.807, 2.05) is 30.3 Å². The second kappa shape index (κ2) is 8.84. The number of nitrogens with two attached hydrogens (primary N) is 1. The van der Waals surface area contributed by atoms with E-state index in [4.69, 9.17) is 15.2 Å². The predicted octanol–water partition coefficient (Wildman–Crippen LogP) is 3.77. The molecule has 2 N–H and O–H groups in total. The monoisotopic (exact) mass is 434 g/mol. The number of aryl methyl sites for hydroxylation is 1. The summed E-state index contributed by atoms with van der Waals surface area (Å²) < 4.78 is 12.9. The summed E-state index contributed by atoms with van der Waals surface area (Å²) in [6, 6.07) is 17.3. The highest BCUT2D eigenvalue weighted by Gasteiger charge is 2.40. The van der Waals surface area contributed by atoms with Gasteiger partial charge >= 0.3 is 0 Å². The average molecular weight is 435 g/mol. The van der Waals surface area contributed by atoms with Crippen LogP contribution < -0.4 is 10.5 Å². The van der Waals surface area contributed by atoms with Gasteiger partial charge in [-0.15, -0.1) is 0 Å². The van der Waals surface area contributed by atoms with Crippen molar-refractivity contribution in [2.75, 3.05) is 13.2 Å².